The van der Waals surface area contributed by atoms with Crippen LogP contribution in [0.3, 0.4) is 0 Å². The van der Waals surface area contributed by atoms with E-state index in [1.54, 1.807) is 0 Å². The summed E-state index contributed by atoms with van der Waals surface area (Å²) >= 11 is 0. The van der Waals surface area contributed by atoms with Gasteiger partial charge < -0.3 is 5.32 Å². The lowest BCUT2D eigenvalue weighted by Crippen LogP contribution is -2.42. The summed E-state index contributed by atoms with van der Waals surface area (Å²) in [6, 6.07) is 1.61. The first kappa shape index (κ1) is 15.4. The van der Waals surface area contributed by atoms with Crippen molar-refractivity contribution in [3.8, 4) is 0 Å². The highest BCUT2D eigenvalue weighted by atomic mass is 15.0. The molecule has 2 fully saturated rings. The lowest BCUT2D eigenvalue weighted by Gasteiger charge is -2.40. The van der Waals surface area contributed by atoms with Gasteiger partial charge in [0, 0.05) is 12.1 Å². The van der Waals surface area contributed by atoms with Crippen molar-refractivity contribution in [2.24, 2.45) is 17.3 Å². The quantitative estimate of drug-likeness (QED) is 0.671. The minimum absolute atomic E-state index is 0.559. The minimum atomic E-state index is 0.559. The van der Waals surface area contributed by atoms with Crippen molar-refractivity contribution in [2.75, 3.05) is 0 Å². The molecule has 2 aliphatic rings. The van der Waals surface area contributed by atoms with Crippen LogP contribution in [0.2, 0.25) is 0 Å². The van der Waals surface area contributed by atoms with Crippen LogP contribution in [-0.4, -0.2) is 12.1 Å². The molecule has 0 spiro atoms. The van der Waals surface area contributed by atoms with Crippen LogP contribution < -0.4 is 5.32 Å². The third-order valence-electron chi connectivity index (χ3n) is 6.02. The van der Waals surface area contributed by atoms with E-state index in [9.17, 15) is 0 Å². The lowest BCUT2D eigenvalue weighted by atomic mass is 9.69. The Kier molecular flexibility index (Phi) is 5.34. The minimum Gasteiger partial charge on any atom is -0.311 e. The second-order valence-electron chi connectivity index (χ2n) is 7.84. The monoisotopic (exact) mass is 265 g/mol. The molecule has 2 saturated carbocycles. The molecule has 0 aliphatic heterocycles. The average molecular weight is 265 g/mol. The van der Waals surface area contributed by atoms with Gasteiger partial charge in [0.2, 0.25) is 0 Å². The molecule has 2 aliphatic carbocycles. The van der Waals surface area contributed by atoms with Gasteiger partial charge in [-0.2, -0.15) is 0 Å². The first-order chi connectivity index (χ1) is 9.05. The average Bonchev–Trinajstić information content (AvgIpc) is 3.22. The van der Waals surface area contributed by atoms with Crippen LogP contribution >= 0.6 is 0 Å². The van der Waals surface area contributed by atoms with Crippen molar-refractivity contribution in [3.05, 3.63) is 0 Å². The molecule has 0 aromatic rings. The molecule has 0 amide bonds. The van der Waals surface area contributed by atoms with E-state index in [1.807, 2.05) is 0 Å². The first-order valence-electron chi connectivity index (χ1n) is 8.81. The summed E-state index contributed by atoms with van der Waals surface area (Å²) in [5.41, 5.74) is 0.559. The van der Waals surface area contributed by atoms with Gasteiger partial charge in [-0.1, -0.05) is 47.0 Å². The number of rotatable bonds is 7. The molecule has 1 atom stereocenters. The third-order valence-corrected chi connectivity index (χ3v) is 6.02. The fraction of sp³-hybridized carbons (Fsp3) is 1.00. The molecule has 0 bridgehead atoms. The summed E-state index contributed by atoms with van der Waals surface area (Å²) in [5, 5.41) is 3.97. The Hall–Kier alpha value is -0.0400. The topological polar surface area (TPSA) is 12.0 Å². The summed E-state index contributed by atoms with van der Waals surface area (Å²) < 4.78 is 0. The van der Waals surface area contributed by atoms with Gasteiger partial charge in [0.25, 0.3) is 0 Å². The van der Waals surface area contributed by atoms with Crippen molar-refractivity contribution >= 4 is 0 Å². The van der Waals surface area contributed by atoms with E-state index < -0.39 is 0 Å². The highest BCUT2D eigenvalue weighted by Gasteiger charge is 2.32. The van der Waals surface area contributed by atoms with E-state index in [2.05, 4.69) is 33.0 Å². The van der Waals surface area contributed by atoms with Crippen LogP contribution in [0.1, 0.15) is 85.5 Å². The third kappa shape index (κ3) is 4.48. The van der Waals surface area contributed by atoms with Crippen molar-refractivity contribution < 1.29 is 0 Å². The Morgan fingerprint density at radius 1 is 1.00 bits per heavy atom. The zero-order chi connectivity index (χ0) is 13.9. The fourth-order valence-corrected chi connectivity index (χ4v) is 3.77. The normalized spacial score (nSPS) is 30.3. The molecule has 0 aromatic heterocycles. The van der Waals surface area contributed by atoms with Crippen LogP contribution in [0.25, 0.3) is 0 Å². The van der Waals surface area contributed by atoms with Gasteiger partial charge in [0.05, 0.1) is 0 Å². The van der Waals surface area contributed by atoms with Crippen molar-refractivity contribution in [1.82, 2.24) is 5.32 Å². The smallest absolute Gasteiger partial charge is 0.00698 e. The molecular formula is C18H35N. The predicted octanol–water partition coefficient (Wildman–Crippen LogP) is 5.15. The van der Waals surface area contributed by atoms with Gasteiger partial charge in [-0.25, -0.2) is 0 Å². The molecule has 0 aromatic carbocycles. The molecule has 0 radical (unpaired) electrons. The maximum Gasteiger partial charge on any atom is 0.00698 e. The molecule has 2 rings (SSSR count). The largest absolute Gasteiger partial charge is 0.311 e. The Balaban J connectivity index is 1.72. The van der Waals surface area contributed by atoms with E-state index in [4.69, 9.17) is 0 Å². The van der Waals surface area contributed by atoms with Crippen LogP contribution in [0, 0.1) is 17.3 Å². The molecule has 112 valence electrons. The van der Waals surface area contributed by atoms with Gasteiger partial charge in [-0.3, -0.25) is 0 Å². The molecule has 0 saturated heterocycles. The van der Waals surface area contributed by atoms with Crippen molar-refractivity contribution in [2.45, 2.75) is 97.6 Å². The van der Waals surface area contributed by atoms with Gasteiger partial charge in [-0.05, 0) is 55.8 Å². The number of hydrogen-bond donors (Lipinski definition) is 1. The molecule has 19 heavy (non-hydrogen) atoms. The van der Waals surface area contributed by atoms with E-state index in [0.717, 1.165) is 23.9 Å². The Labute approximate surface area is 120 Å². The van der Waals surface area contributed by atoms with Gasteiger partial charge >= 0.3 is 0 Å². The summed E-state index contributed by atoms with van der Waals surface area (Å²) in [7, 11) is 0. The van der Waals surface area contributed by atoms with Gasteiger partial charge in [-0.15, -0.1) is 0 Å². The molecule has 0 heterocycles. The Morgan fingerprint density at radius 2 is 1.63 bits per heavy atom. The predicted molar refractivity (Wildman–Crippen MR) is 84.4 cm³/mol. The van der Waals surface area contributed by atoms with Crippen molar-refractivity contribution in [1.29, 1.82) is 0 Å². The number of hydrogen-bond acceptors (Lipinski definition) is 1. The first-order valence-corrected chi connectivity index (χ1v) is 8.81. The molecule has 1 nitrogen and oxygen atoms in total. The Morgan fingerprint density at radius 3 is 2.11 bits per heavy atom. The summed E-state index contributed by atoms with van der Waals surface area (Å²) in [5.74, 6) is 2.02. The highest BCUT2D eigenvalue weighted by Crippen LogP contribution is 2.41. The maximum atomic E-state index is 3.97. The summed E-state index contributed by atoms with van der Waals surface area (Å²) in [4.78, 5) is 0. The zero-order valence-electron chi connectivity index (χ0n) is 13.7. The molecule has 1 heteroatoms. The van der Waals surface area contributed by atoms with Crippen LogP contribution in [0.15, 0.2) is 0 Å². The van der Waals surface area contributed by atoms with E-state index in [-0.39, 0.29) is 0 Å². The lowest BCUT2D eigenvalue weighted by molar-refractivity contribution is 0.133. The second-order valence-corrected chi connectivity index (χ2v) is 7.84. The second kappa shape index (κ2) is 6.61. The standard InChI is InChI=1S/C18H35N/c1-5-16(13-14-7-8-14)19-17-11-9-15(10-12-17)18(3,4)6-2/h14-17,19H,5-13H2,1-4H3. The molecule has 1 N–H and O–H groups in total. The fourth-order valence-electron chi connectivity index (χ4n) is 3.77. The van der Waals surface area contributed by atoms with E-state index in [0.29, 0.717) is 5.41 Å². The van der Waals surface area contributed by atoms with Crippen LogP contribution in [0.5, 0.6) is 0 Å². The summed E-state index contributed by atoms with van der Waals surface area (Å²) in [6.45, 7) is 9.64. The van der Waals surface area contributed by atoms with E-state index in [1.165, 1.54) is 57.8 Å². The van der Waals surface area contributed by atoms with Gasteiger partial charge in [0.15, 0.2) is 0 Å². The van der Waals surface area contributed by atoms with E-state index >= 15 is 0 Å². The number of nitrogens with one attached hydrogen (secondary N) is 1. The SMILES string of the molecule is CCC(CC1CC1)NC1CCC(C(C)(C)CC)CC1. The molecule has 1 unspecified atom stereocenters. The van der Waals surface area contributed by atoms with Crippen LogP contribution in [-0.2, 0) is 0 Å². The maximum absolute atomic E-state index is 3.97. The molecular weight excluding hydrogens is 230 g/mol. The zero-order valence-corrected chi connectivity index (χ0v) is 13.7. The highest BCUT2D eigenvalue weighted by molar-refractivity contribution is 4.87. The Bertz CT molecular complexity index is 259. The van der Waals surface area contributed by atoms with Crippen LogP contribution in [0.4, 0.5) is 0 Å². The van der Waals surface area contributed by atoms with Crippen molar-refractivity contribution in [3.63, 3.8) is 0 Å². The van der Waals surface area contributed by atoms with Gasteiger partial charge in [0.1, 0.15) is 0 Å². The summed E-state index contributed by atoms with van der Waals surface area (Å²) in [6.07, 6.45) is 12.8.